The number of hydrogen-bond acceptors (Lipinski definition) is 6. The summed E-state index contributed by atoms with van der Waals surface area (Å²) >= 11 is 8.54. The summed E-state index contributed by atoms with van der Waals surface area (Å²) in [5.74, 6) is 3.44. The highest BCUT2D eigenvalue weighted by Gasteiger charge is 2.27. The zero-order valence-electron chi connectivity index (χ0n) is 19.1. The summed E-state index contributed by atoms with van der Waals surface area (Å²) in [6.07, 6.45) is 1.71. The molecule has 1 aliphatic heterocycles. The normalized spacial score (nSPS) is 14.2. The van der Waals surface area contributed by atoms with Crippen LogP contribution in [0, 0.1) is 6.92 Å². The van der Waals surface area contributed by atoms with Gasteiger partial charge in [-0.25, -0.2) is 0 Å². The lowest BCUT2D eigenvalue weighted by Crippen LogP contribution is -2.35. The molecule has 0 N–H and O–H groups in total. The Balaban J connectivity index is 1.78. The molecule has 0 bridgehead atoms. The number of thioether (sulfide) groups is 1. The van der Waals surface area contributed by atoms with Crippen molar-refractivity contribution in [2.75, 3.05) is 51.5 Å². The van der Waals surface area contributed by atoms with Gasteiger partial charge in [-0.3, -0.25) is 9.69 Å². The van der Waals surface area contributed by atoms with Gasteiger partial charge in [0.25, 0.3) is 0 Å². The molecule has 0 unspecified atom stereocenters. The van der Waals surface area contributed by atoms with Crippen LogP contribution in [-0.2, 0) is 6.42 Å². The molecule has 0 amide bonds. The van der Waals surface area contributed by atoms with E-state index in [0.29, 0.717) is 46.6 Å². The summed E-state index contributed by atoms with van der Waals surface area (Å²) in [5.41, 5.74) is 2.37. The van der Waals surface area contributed by atoms with Gasteiger partial charge in [0.2, 0.25) is 5.75 Å². The van der Waals surface area contributed by atoms with Crippen molar-refractivity contribution in [3.8, 4) is 17.2 Å². The fourth-order valence-corrected chi connectivity index (χ4v) is 5.07. The van der Waals surface area contributed by atoms with Crippen LogP contribution in [0.15, 0.2) is 30.3 Å². The lowest BCUT2D eigenvalue weighted by Gasteiger charge is -2.27. The number of ketones is 1. The molecule has 1 fully saturated rings. The third-order valence-electron chi connectivity index (χ3n) is 5.56. The largest absolute Gasteiger partial charge is 0.491 e. The Bertz CT molecular complexity index is 901. The summed E-state index contributed by atoms with van der Waals surface area (Å²) in [7, 11) is 1.56. The van der Waals surface area contributed by atoms with Crippen LogP contribution in [0.5, 0.6) is 17.2 Å². The van der Waals surface area contributed by atoms with Gasteiger partial charge in [0.1, 0.15) is 6.61 Å². The summed E-state index contributed by atoms with van der Waals surface area (Å²) in [4.78, 5) is 14.9. The summed E-state index contributed by atoms with van der Waals surface area (Å²) in [5, 5.41) is 0.385. The molecule has 174 valence electrons. The number of methoxy groups -OCH3 is 1. The Hall–Kier alpha value is -1.89. The van der Waals surface area contributed by atoms with E-state index < -0.39 is 0 Å². The van der Waals surface area contributed by atoms with Crippen LogP contribution in [0.1, 0.15) is 34.8 Å². The van der Waals surface area contributed by atoms with Gasteiger partial charge in [0.15, 0.2) is 17.3 Å². The lowest BCUT2D eigenvalue weighted by atomic mass is 10.0. The first-order chi connectivity index (χ1) is 15.5. The van der Waals surface area contributed by atoms with Crippen LogP contribution in [0.25, 0.3) is 0 Å². The zero-order chi connectivity index (χ0) is 22.9. The lowest BCUT2D eigenvalue weighted by molar-refractivity contribution is 0.101. The maximum absolute atomic E-state index is 12.5. The first kappa shape index (κ1) is 24.7. The molecule has 1 heterocycles. The smallest absolute Gasteiger partial charge is 0.205 e. The van der Waals surface area contributed by atoms with Gasteiger partial charge in [-0.2, -0.15) is 11.8 Å². The standard InChI is InChI=1S/C25H32ClNO4S/c1-18-21(19(2)28)23(31-15-11-27-12-16-32-17-13-27)25(24(29-3)22(18)26)30-14-7-10-20-8-5-4-6-9-20/h4-6,8-9H,7,10-17H2,1-3H3. The van der Waals surface area contributed by atoms with Gasteiger partial charge in [-0.05, 0) is 37.8 Å². The minimum Gasteiger partial charge on any atom is -0.491 e. The Morgan fingerprint density at radius 2 is 1.75 bits per heavy atom. The number of Topliss-reactive ketones (excluding diaryl/α,β-unsaturated/α-hetero) is 1. The zero-order valence-corrected chi connectivity index (χ0v) is 20.7. The monoisotopic (exact) mass is 477 g/mol. The molecule has 0 saturated carbocycles. The molecule has 1 saturated heterocycles. The number of halogens is 1. The first-order valence-electron chi connectivity index (χ1n) is 11.0. The van der Waals surface area contributed by atoms with Crippen molar-refractivity contribution >= 4 is 29.1 Å². The summed E-state index contributed by atoms with van der Waals surface area (Å²) in [6.45, 7) is 7.18. The molecule has 2 aromatic carbocycles. The van der Waals surface area contributed by atoms with Crippen LogP contribution >= 0.6 is 23.4 Å². The van der Waals surface area contributed by atoms with Gasteiger partial charge in [0, 0.05) is 31.1 Å². The maximum atomic E-state index is 12.5. The van der Waals surface area contributed by atoms with Gasteiger partial charge < -0.3 is 14.2 Å². The quantitative estimate of drug-likeness (QED) is 0.323. The molecule has 0 spiro atoms. The van der Waals surface area contributed by atoms with E-state index in [0.717, 1.165) is 44.0 Å². The topological polar surface area (TPSA) is 48.0 Å². The number of carbonyl (C=O) groups is 1. The Morgan fingerprint density at radius 1 is 1.06 bits per heavy atom. The van der Waals surface area contributed by atoms with Crippen LogP contribution in [0.4, 0.5) is 0 Å². The second-order valence-corrected chi connectivity index (χ2v) is 9.40. The number of rotatable bonds is 11. The van der Waals surface area contributed by atoms with Crippen LogP contribution in [-0.4, -0.2) is 62.1 Å². The minimum atomic E-state index is -0.106. The van der Waals surface area contributed by atoms with Gasteiger partial charge in [-0.1, -0.05) is 41.9 Å². The van der Waals surface area contributed by atoms with E-state index >= 15 is 0 Å². The van der Waals surface area contributed by atoms with E-state index in [-0.39, 0.29) is 5.78 Å². The molecule has 0 aliphatic carbocycles. The van der Waals surface area contributed by atoms with E-state index in [1.54, 1.807) is 7.11 Å². The Kier molecular flexibility index (Phi) is 9.57. The highest BCUT2D eigenvalue weighted by Crippen LogP contribution is 2.48. The van der Waals surface area contributed by atoms with E-state index in [1.165, 1.54) is 12.5 Å². The highest BCUT2D eigenvalue weighted by atomic mass is 35.5. The summed E-state index contributed by atoms with van der Waals surface area (Å²) < 4.78 is 17.9. The molecule has 3 rings (SSSR count). The minimum absolute atomic E-state index is 0.106. The number of ether oxygens (including phenoxy) is 3. The van der Waals surface area contributed by atoms with E-state index in [9.17, 15) is 4.79 Å². The average Bonchev–Trinajstić information content (AvgIpc) is 2.80. The molecule has 0 radical (unpaired) electrons. The predicted molar refractivity (Wildman–Crippen MR) is 132 cm³/mol. The molecular formula is C25H32ClNO4S. The van der Waals surface area contributed by atoms with Gasteiger partial charge in [-0.15, -0.1) is 0 Å². The van der Waals surface area contributed by atoms with Crippen molar-refractivity contribution in [1.82, 2.24) is 4.90 Å². The summed E-state index contributed by atoms with van der Waals surface area (Å²) in [6, 6.07) is 10.3. The third kappa shape index (κ3) is 6.33. The van der Waals surface area contributed by atoms with E-state index in [4.69, 9.17) is 25.8 Å². The Morgan fingerprint density at radius 3 is 2.41 bits per heavy atom. The van der Waals surface area contributed by atoms with Crippen molar-refractivity contribution in [2.24, 2.45) is 0 Å². The van der Waals surface area contributed by atoms with E-state index in [1.807, 2.05) is 36.9 Å². The first-order valence-corrected chi connectivity index (χ1v) is 12.6. The van der Waals surface area contributed by atoms with Crippen molar-refractivity contribution in [3.05, 3.63) is 52.0 Å². The molecule has 32 heavy (non-hydrogen) atoms. The van der Waals surface area contributed by atoms with Crippen LogP contribution in [0.3, 0.4) is 0 Å². The molecule has 7 heteroatoms. The number of benzene rings is 2. The number of nitrogens with zero attached hydrogens (tertiary/aromatic N) is 1. The fraction of sp³-hybridized carbons (Fsp3) is 0.480. The van der Waals surface area contributed by atoms with Crippen LogP contribution < -0.4 is 14.2 Å². The van der Waals surface area contributed by atoms with Crippen molar-refractivity contribution < 1.29 is 19.0 Å². The van der Waals surface area contributed by atoms with Crippen molar-refractivity contribution in [2.45, 2.75) is 26.7 Å². The Labute approximate surface area is 200 Å². The number of hydrogen-bond donors (Lipinski definition) is 0. The maximum Gasteiger partial charge on any atom is 0.205 e. The van der Waals surface area contributed by atoms with Gasteiger partial charge in [0.05, 0.1) is 24.3 Å². The van der Waals surface area contributed by atoms with Crippen molar-refractivity contribution in [1.29, 1.82) is 0 Å². The average molecular weight is 478 g/mol. The number of carbonyl (C=O) groups excluding carboxylic acids is 1. The SMILES string of the molecule is COc1c(Cl)c(C)c(C(C)=O)c(OCCN2CCSCC2)c1OCCCc1ccccc1. The molecule has 0 aromatic heterocycles. The fourth-order valence-electron chi connectivity index (χ4n) is 3.84. The van der Waals surface area contributed by atoms with Crippen LogP contribution in [0.2, 0.25) is 5.02 Å². The second kappa shape index (κ2) is 12.4. The van der Waals surface area contributed by atoms with Crippen molar-refractivity contribution in [3.63, 3.8) is 0 Å². The molecular weight excluding hydrogens is 446 g/mol. The third-order valence-corrected chi connectivity index (χ3v) is 6.95. The predicted octanol–water partition coefficient (Wildman–Crippen LogP) is 5.30. The van der Waals surface area contributed by atoms with Gasteiger partial charge >= 0.3 is 0 Å². The molecule has 2 aromatic rings. The number of aryl methyl sites for hydroxylation is 1. The van der Waals surface area contributed by atoms with E-state index in [2.05, 4.69) is 17.0 Å². The molecule has 5 nitrogen and oxygen atoms in total. The molecule has 1 aliphatic rings. The second-order valence-electron chi connectivity index (χ2n) is 7.80. The molecule has 0 atom stereocenters. The highest BCUT2D eigenvalue weighted by molar-refractivity contribution is 7.99.